The summed E-state index contributed by atoms with van der Waals surface area (Å²) >= 11 is 0. The molecule has 0 amide bonds. The van der Waals surface area contributed by atoms with Gasteiger partial charge in [-0.2, -0.15) is 0 Å². The van der Waals surface area contributed by atoms with Gasteiger partial charge in [0.15, 0.2) is 0 Å². The first kappa shape index (κ1) is 6.03. The lowest BCUT2D eigenvalue weighted by atomic mass is 10.3. The lowest BCUT2D eigenvalue weighted by molar-refractivity contribution is 1.22. The minimum Gasteiger partial charge on any atom is -0.397 e. The van der Waals surface area contributed by atoms with Crippen LogP contribution >= 0.6 is 0 Å². The molecule has 1 aromatic carbocycles. The molecule has 1 aromatic heterocycles. The van der Waals surface area contributed by atoms with E-state index in [1.54, 1.807) is 18.2 Å². The van der Waals surface area contributed by atoms with Crippen LogP contribution < -0.4 is 11.4 Å². The summed E-state index contributed by atoms with van der Waals surface area (Å²) in [6.45, 7) is 0. The highest BCUT2D eigenvalue weighted by molar-refractivity contribution is 5.86. The molecule has 0 saturated heterocycles. The summed E-state index contributed by atoms with van der Waals surface area (Å²) in [4.78, 5) is 16.0. The van der Waals surface area contributed by atoms with Gasteiger partial charge in [0.1, 0.15) is 0 Å². The molecule has 0 spiro atoms. The summed E-state index contributed by atoms with van der Waals surface area (Å²) in [5, 5.41) is 0. The molecule has 0 fully saturated rings. The van der Waals surface area contributed by atoms with Crippen molar-refractivity contribution in [1.29, 1.82) is 0 Å². The van der Waals surface area contributed by atoms with Crippen molar-refractivity contribution in [3.8, 4) is 0 Å². The Labute approximate surface area is 62.0 Å². The van der Waals surface area contributed by atoms with Gasteiger partial charge in [-0.1, -0.05) is 6.07 Å². The molecular formula is C7H7N3O. The van der Waals surface area contributed by atoms with E-state index in [0.29, 0.717) is 11.2 Å². The highest BCUT2D eigenvalue weighted by Gasteiger charge is 1.98. The van der Waals surface area contributed by atoms with Crippen LogP contribution in [0.3, 0.4) is 0 Å². The van der Waals surface area contributed by atoms with Crippen LogP contribution in [-0.4, -0.2) is 9.97 Å². The Morgan fingerprint density at radius 1 is 1.27 bits per heavy atom. The quantitative estimate of drug-likeness (QED) is 0.475. The van der Waals surface area contributed by atoms with Crippen molar-refractivity contribution in [2.75, 3.05) is 5.73 Å². The third-order valence-electron chi connectivity index (χ3n) is 1.58. The molecule has 0 aliphatic carbocycles. The Balaban J connectivity index is 3.01. The van der Waals surface area contributed by atoms with Crippen molar-refractivity contribution in [1.82, 2.24) is 9.97 Å². The van der Waals surface area contributed by atoms with Crippen LogP contribution in [0.2, 0.25) is 0 Å². The Morgan fingerprint density at radius 2 is 2.09 bits per heavy atom. The number of fused-ring (bicyclic) bond motifs is 1. The zero-order valence-electron chi connectivity index (χ0n) is 5.72. The zero-order chi connectivity index (χ0) is 7.84. The third kappa shape index (κ3) is 0.797. The summed E-state index contributed by atoms with van der Waals surface area (Å²) in [5.74, 6) is 0. The molecule has 0 radical (unpaired) electrons. The van der Waals surface area contributed by atoms with Crippen molar-refractivity contribution >= 4 is 16.7 Å². The largest absolute Gasteiger partial charge is 0.397 e. The van der Waals surface area contributed by atoms with Crippen LogP contribution in [0.1, 0.15) is 0 Å². The first-order chi connectivity index (χ1) is 5.27. The second-order valence-corrected chi connectivity index (χ2v) is 2.35. The Morgan fingerprint density at radius 3 is 2.82 bits per heavy atom. The van der Waals surface area contributed by atoms with Gasteiger partial charge in [-0.3, -0.25) is 0 Å². The standard InChI is InChI=1S/C7H7N3O/c8-4-2-1-3-5-6(4)10-7(11)9-5/h1-3H,8H2,(H2,9,10,11). The fourth-order valence-electron chi connectivity index (χ4n) is 1.08. The lowest BCUT2D eigenvalue weighted by Crippen LogP contribution is -1.99. The van der Waals surface area contributed by atoms with Crippen molar-refractivity contribution in [2.45, 2.75) is 0 Å². The summed E-state index contributed by atoms with van der Waals surface area (Å²) in [6, 6.07) is 5.33. The van der Waals surface area contributed by atoms with Crippen LogP contribution in [0, 0.1) is 0 Å². The van der Waals surface area contributed by atoms with Crippen LogP contribution in [-0.2, 0) is 0 Å². The van der Waals surface area contributed by atoms with E-state index in [2.05, 4.69) is 9.97 Å². The average molecular weight is 149 g/mol. The Bertz CT molecular complexity index is 440. The molecule has 0 aliphatic heterocycles. The van der Waals surface area contributed by atoms with E-state index in [9.17, 15) is 4.79 Å². The number of nitrogens with two attached hydrogens (primary N) is 1. The number of hydrogen-bond acceptors (Lipinski definition) is 2. The summed E-state index contributed by atoms with van der Waals surface area (Å²) in [7, 11) is 0. The maximum Gasteiger partial charge on any atom is 0.323 e. The first-order valence-corrected chi connectivity index (χ1v) is 3.24. The fourth-order valence-corrected chi connectivity index (χ4v) is 1.08. The van der Waals surface area contributed by atoms with Crippen LogP contribution in [0.5, 0.6) is 0 Å². The number of nitrogens with one attached hydrogen (secondary N) is 2. The van der Waals surface area contributed by atoms with Gasteiger partial charge in [-0.15, -0.1) is 0 Å². The number of hydrogen-bond donors (Lipinski definition) is 3. The molecule has 0 saturated carbocycles. The predicted octanol–water partition coefficient (Wildman–Crippen LogP) is 0.438. The number of H-pyrrole nitrogens is 2. The molecule has 0 bridgehead atoms. The van der Waals surface area contributed by atoms with E-state index in [-0.39, 0.29) is 5.69 Å². The van der Waals surface area contributed by atoms with E-state index in [1.807, 2.05) is 0 Å². The van der Waals surface area contributed by atoms with Gasteiger partial charge in [0.25, 0.3) is 0 Å². The van der Waals surface area contributed by atoms with Gasteiger partial charge >= 0.3 is 5.69 Å². The smallest absolute Gasteiger partial charge is 0.323 e. The van der Waals surface area contributed by atoms with E-state index < -0.39 is 0 Å². The maximum atomic E-state index is 10.8. The molecule has 4 heteroatoms. The van der Waals surface area contributed by atoms with Gasteiger partial charge in [-0.25, -0.2) is 4.79 Å². The second kappa shape index (κ2) is 1.88. The molecule has 11 heavy (non-hydrogen) atoms. The normalized spacial score (nSPS) is 10.5. The minimum atomic E-state index is -0.224. The van der Waals surface area contributed by atoms with E-state index >= 15 is 0 Å². The number of nitrogen functional groups attached to an aromatic ring is 1. The second-order valence-electron chi connectivity index (χ2n) is 2.35. The molecule has 2 aromatic rings. The number of aromatic amines is 2. The van der Waals surface area contributed by atoms with Gasteiger partial charge < -0.3 is 15.7 Å². The third-order valence-corrected chi connectivity index (χ3v) is 1.58. The van der Waals surface area contributed by atoms with Crippen molar-refractivity contribution in [3.05, 3.63) is 28.7 Å². The Hall–Kier alpha value is -1.71. The van der Waals surface area contributed by atoms with Crippen LogP contribution in [0.4, 0.5) is 5.69 Å². The highest BCUT2D eigenvalue weighted by Crippen LogP contribution is 2.13. The molecule has 1 heterocycles. The van der Waals surface area contributed by atoms with Crippen LogP contribution in [0.15, 0.2) is 23.0 Å². The van der Waals surface area contributed by atoms with Gasteiger partial charge in [0.2, 0.25) is 0 Å². The highest BCUT2D eigenvalue weighted by atomic mass is 16.1. The molecule has 4 N–H and O–H groups in total. The molecule has 0 atom stereocenters. The van der Waals surface area contributed by atoms with E-state index in [0.717, 1.165) is 5.52 Å². The lowest BCUT2D eigenvalue weighted by Gasteiger charge is -1.91. The number of para-hydroxylation sites is 1. The van der Waals surface area contributed by atoms with Gasteiger partial charge in [0.05, 0.1) is 16.7 Å². The molecular weight excluding hydrogens is 142 g/mol. The van der Waals surface area contributed by atoms with Gasteiger partial charge in [0, 0.05) is 0 Å². The van der Waals surface area contributed by atoms with Crippen molar-refractivity contribution in [2.24, 2.45) is 0 Å². The molecule has 0 unspecified atom stereocenters. The van der Waals surface area contributed by atoms with Crippen LogP contribution in [0.25, 0.3) is 11.0 Å². The zero-order valence-corrected chi connectivity index (χ0v) is 5.72. The topological polar surface area (TPSA) is 74.7 Å². The summed E-state index contributed by atoms with van der Waals surface area (Å²) in [6.07, 6.45) is 0. The molecule has 2 rings (SSSR count). The van der Waals surface area contributed by atoms with E-state index in [1.165, 1.54) is 0 Å². The fraction of sp³-hybridized carbons (Fsp3) is 0. The summed E-state index contributed by atoms with van der Waals surface area (Å²) < 4.78 is 0. The van der Waals surface area contributed by atoms with E-state index in [4.69, 9.17) is 5.73 Å². The molecule has 0 aliphatic rings. The average Bonchev–Trinajstić information content (AvgIpc) is 2.31. The number of rotatable bonds is 0. The maximum absolute atomic E-state index is 10.8. The van der Waals surface area contributed by atoms with Crippen molar-refractivity contribution in [3.63, 3.8) is 0 Å². The minimum absolute atomic E-state index is 0.224. The van der Waals surface area contributed by atoms with Gasteiger partial charge in [-0.05, 0) is 12.1 Å². The molecule has 56 valence electrons. The monoisotopic (exact) mass is 149 g/mol. The first-order valence-electron chi connectivity index (χ1n) is 3.24. The number of benzene rings is 1. The predicted molar refractivity (Wildman–Crippen MR) is 43.3 cm³/mol. The Kier molecular flexibility index (Phi) is 1.03. The molecule has 4 nitrogen and oxygen atoms in total. The number of imidazole rings is 1. The van der Waals surface area contributed by atoms with Crippen molar-refractivity contribution < 1.29 is 0 Å². The number of anilines is 1. The number of aromatic nitrogens is 2. The summed E-state index contributed by atoms with van der Waals surface area (Å²) in [5.41, 5.74) is 7.36. The SMILES string of the molecule is Nc1cccc2[nH]c(=O)[nH]c12.